The number of rotatable bonds is 10. The molecule has 0 aliphatic carbocycles. The fourth-order valence-corrected chi connectivity index (χ4v) is 7.46. The van der Waals surface area contributed by atoms with Crippen LogP contribution in [0.5, 0.6) is 5.75 Å². The number of anilines is 1. The highest BCUT2D eigenvalue weighted by atomic mass is 32.2. The first-order valence-corrected chi connectivity index (χ1v) is 14.6. The van der Waals surface area contributed by atoms with Gasteiger partial charge in [-0.05, 0) is 86.9 Å². The van der Waals surface area contributed by atoms with E-state index < -0.39 is 10.0 Å². The molecule has 1 N–H and O–H groups in total. The summed E-state index contributed by atoms with van der Waals surface area (Å²) in [5.74, 6) is 0.425. The molecular formula is C28H39N3O5S. The standard InChI is InChI=1S/C28H39N3O5S/c1-21-16-26(35-3)17-22(2)28(21)37(33,34)31-15-7-8-25(31)19-36-20-27(32)29-18-23-9-11-24(12-10-23)30-13-5-4-6-14-30/h9-12,16-17,25H,4-8,13-15,18-20H2,1-3H3,(H,29,32). The van der Waals surface area contributed by atoms with Crippen LogP contribution >= 0.6 is 0 Å². The molecule has 0 radical (unpaired) electrons. The van der Waals surface area contributed by atoms with Crippen molar-refractivity contribution in [3.8, 4) is 5.75 Å². The van der Waals surface area contributed by atoms with E-state index in [-0.39, 0.29) is 25.2 Å². The number of benzene rings is 2. The van der Waals surface area contributed by atoms with Crippen molar-refractivity contribution in [2.75, 3.05) is 44.9 Å². The van der Waals surface area contributed by atoms with Crippen LogP contribution in [-0.4, -0.2) is 64.6 Å². The molecule has 37 heavy (non-hydrogen) atoms. The largest absolute Gasteiger partial charge is 0.497 e. The van der Waals surface area contributed by atoms with Crippen LogP contribution in [0.3, 0.4) is 0 Å². The highest BCUT2D eigenvalue weighted by Crippen LogP contribution is 2.32. The first kappa shape index (κ1) is 27.4. The van der Waals surface area contributed by atoms with Crippen LogP contribution in [0.2, 0.25) is 0 Å². The minimum atomic E-state index is -3.69. The van der Waals surface area contributed by atoms with E-state index in [1.54, 1.807) is 33.1 Å². The molecule has 1 amide bonds. The molecular weight excluding hydrogens is 490 g/mol. The number of hydrogen-bond acceptors (Lipinski definition) is 6. The number of hydrogen-bond donors (Lipinski definition) is 1. The maximum atomic E-state index is 13.5. The van der Waals surface area contributed by atoms with Gasteiger partial charge >= 0.3 is 0 Å². The van der Waals surface area contributed by atoms with Gasteiger partial charge in [-0.3, -0.25) is 4.79 Å². The molecule has 2 saturated heterocycles. The number of carbonyl (C=O) groups is 1. The van der Waals surface area contributed by atoms with Gasteiger partial charge in [0.25, 0.3) is 0 Å². The molecule has 2 heterocycles. The molecule has 2 aliphatic rings. The Morgan fingerprint density at radius 3 is 2.32 bits per heavy atom. The van der Waals surface area contributed by atoms with E-state index in [2.05, 4.69) is 34.5 Å². The lowest BCUT2D eigenvalue weighted by molar-refractivity contribution is -0.126. The number of piperidine rings is 1. The lowest BCUT2D eigenvalue weighted by Crippen LogP contribution is -2.39. The average Bonchev–Trinajstić information content (AvgIpc) is 3.37. The Hall–Kier alpha value is -2.62. The molecule has 0 saturated carbocycles. The number of nitrogens with zero attached hydrogens (tertiary/aromatic N) is 2. The highest BCUT2D eigenvalue weighted by molar-refractivity contribution is 7.89. The molecule has 8 nitrogen and oxygen atoms in total. The zero-order valence-electron chi connectivity index (χ0n) is 22.2. The van der Waals surface area contributed by atoms with Gasteiger partial charge in [0.15, 0.2) is 0 Å². The van der Waals surface area contributed by atoms with Gasteiger partial charge in [0, 0.05) is 37.9 Å². The van der Waals surface area contributed by atoms with Gasteiger partial charge in [-0.2, -0.15) is 4.31 Å². The van der Waals surface area contributed by atoms with Gasteiger partial charge in [-0.15, -0.1) is 0 Å². The molecule has 1 unspecified atom stereocenters. The topological polar surface area (TPSA) is 88.2 Å². The van der Waals surface area contributed by atoms with Gasteiger partial charge in [-0.25, -0.2) is 8.42 Å². The maximum Gasteiger partial charge on any atom is 0.246 e. The fraction of sp³-hybridized carbons (Fsp3) is 0.536. The molecule has 2 aliphatic heterocycles. The minimum absolute atomic E-state index is 0.100. The van der Waals surface area contributed by atoms with E-state index in [1.165, 1.54) is 29.3 Å². The van der Waals surface area contributed by atoms with Crippen LogP contribution in [0.25, 0.3) is 0 Å². The number of amides is 1. The third-order valence-corrected chi connectivity index (χ3v) is 9.51. The summed E-state index contributed by atoms with van der Waals surface area (Å²) in [7, 11) is -2.12. The zero-order chi connectivity index (χ0) is 26.4. The average molecular weight is 530 g/mol. The zero-order valence-corrected chi connectivity index (χ0v) is 23.0. The van der Waals surface area contributed by atoms with E-state index in [1.807, 2.05) is 0 Å². The Kier molecular flexibility index (Phi) is 9.10. The Morgan fingerprint density at radius 1 is 1.00 bits per heavy atom. The quantitative estimate of drug-likeness (QED) is 0.504. The third kappa shape index (κ3) is 6.64. The fourth-order valence-electron chi connectivity index (χ4n) is 5.36. The van der Waals surface area contributed by atoms with E-state index in [4.69, 9.17) is 9.47 Å². The molecule has 1 atom stereocenters. The Morgan fingerprint density at radius 2 is 1.68 bits per heavy atom. The van der Waals surface area contributed by atoms with Crippen LogP contribution in [-0.2, 0) is 26.1 Å². The van der Waals surface area contributed by atoms with Crippen molar-refractivity contribution in [1.82, 2.24) is 9.62 Å². The molecule has 0 spiro atoms. The molecule has 2 aromatic carbocycles. The number of sulfonamides is 1. The normalized spacial score (nSPS) is 18.7. The van der Waals surface area contributed by atoms with Crippen molar-refractivity contribution in [3.63, 3.8) is 0 Å². The van der Waals surface area contributed by atoms with E-state index in [0.29, 0.717) is 41.3 Å². The van der Waals surface area contributed by atoms with Crippen LogP contribution < -0.4 is 15.0 Å². The summed E-state index contributed by atoms with van der Waals surface area (Å²) in [6, 6.07) is 11.5. The summed E-state index contributed by atoms with van der Waals surface area (Å²) in [4.78, 5) is 15.1. The first-order valence-electron chi connectivity index (χ1n) is 13.1. The van der Waals surface area contributed by atoms with Gasteiger partial charge in [0.05, 0.1) is 18.6 Å². The first-order chi connectivity index (χ1) is 17.8. The van der Waals surface area contributed by atoms with Crippen molar-refractivity contribution in [2.45, 2.75) is 63.4 Å². The number of nitrogens with one attached hydrogen (secondary N) is 1. The smallest absolute Gasteiger partial charge is 0.246 e. The Labute approximate surface area is 221 Å². The highest BCUT2D eigenvalue weighted by Gasteiger charge is 2.37. The van der Waals surface area contributed by atoms with E-state index in [9.17, 15) is 13.2 Å². The second-order valence-electron chi connectivity index (χ2n) is 10.0. The Balaban J connectivity index is 1.26. The second kappa shape index (κ2) is 12.3. The Bertz CT molecular complexity index is 1150. The maximum absolute atomic E-state index is 13.5. The van der Waals surface area contributed by atoms with Gasteiger partial charge in [-0.1, -0.05) is 12.1 Å². The predicted molar refractivity (Wildman–Crippen MR) is 145 cm³/mol. The summed E-state index contributed by atoms with van der Waals surface area (Å²) in [5, 5.41) is 2.90. The predicted octanol–water partition coefficient (Wildman–Crippen LogP) is 3.79. The molecule has 9 heteroatoms. The van der Waals surface area contributed by atoms with Crippen molar-refractivity contribution >= 4 is 21.6 Å². The van der Waals surface area contributed by atoms with Crippen molar-refractivity contribution in [1.29, 1.82) is 0 Å². The van der Waals surface area contributed by atoms with Crippen molar-refractivity contribution < 1.29 is 22.7 Å². The number of ether oxygens (including phenoxy) is 2. The van der Waals surface area contributed by atoms with E-state index in [0.717, 1.165) is 25.1 Å². The number of carbonyl (C=O) groups excluding carboxylic acids is 1. The van der Waals surface area contributed by atoms with E-state index >= 15 is 0 Å². The van der Waals surface area contributed by atoms with Crippen LogP contribution in [0, 0.1) is 13.8 Å². The molecule has 0 bridgehead atoms. The molecule has 2 fully saturated rings. The van der Waals surface area contributed by atoms with Crippen LogP contribution in [0.1, 0.15) is 48.8 Å². The van der Waals surface area contributed by atoms with Crippen molar-refractivity contribution in [3.05, 3.63) is 53.1 Å². The van der Waals surface area contributed by atoms with Gasteiger partial charge in [0.2, 0.25) is 15.9 Å². The van der Waals surface area contributed by atoms with Gasteiger partial charge in [0.1, 0.15) is 12.4 Å². The molecule has 0 aromatic heterocycles. The van der Waals surface area contributed by atoms with Crippen LogP contribution in [0.4, 0.5) is 5.69 Å². The molecule has 2 aromatic rings. The third-order valence-electron chi connectivity index (χ3n) is 7.25. The summed E-state index contributed by atoms with van der Waals surface area (Å²) in [6.07, 6.45) is 5.26. The van der Waals surface area contributed by atoms with Crippen molar-refractivity contribution in [2.24, 2.45) is 0 Å². The number of methoxy groups -OCH3 is 1. The monoisotopic (exact) mass is 529 g/mol. The summed E-state index contributed by atoms with van der Waals surface area (Å²) in [6.45, 7) is 6.75. The summed E-state index contributed by atoms with van der Waals surface area (Å²) in [5.41, 5.74) is 3.58. The SMILES string of the molecule is COc1cc(C)c(S(=O)(=O)N2CCCC2COCC(=O)NCc2ccc(N3CCCCC3)cc2)c(C)c1. The lowest BCUT2D eigenvalue weighted by atomic mass is 10.1. The minimum Gasteiger partial charge on any atom is -0.497 e. The molecule has 202 valence electrons. The molecule has 4 rings (SSSR count). The second-order valence-corrected chi connectivity index (χ2v) is 11.8. The lowest BCUT2D eigenvalue weighted by Gasteiger charge is -2.28. The summed E-state index contributed by atoms with van der Waals surface area (Å²) >= 11 is 0. The van der Waals surface area contributed by atoms with Gasteiger partial charge < -0.3 is 19.7 Å². The summed E-state index contributed by atoms with van der Waals surface area (Å²) < 4.78 is 39.5. The number of aryl methyl sites for hydroxylation is 2. The van der Waals surface area contributed by atoms with Crippen LogP contribution in [0.15, 0.2) is 41.3 Å².